The Morgan fingerprint density at radius 3 is 2.07 bits per heavy atom. The molecule has 0 heterocycles. The van der Waals surface area contributed by atoms with Crippen molar-refractivity contribution < 1.29 is 27.5 Å². The fourth-order valence-electron chi connectivity index (χ4n) is 2.44. The van der Waals surface area contributed by atoms with Gasteiger partial charge in [-0.3, -0.25) is 14.4 Å². The topological polar surface area (TPSA) is 122 Å². The quantitative estimate of drug-likeness (QED) is 0.535. The number of carbonyl (C=O) groups excluding carboxylic acids is 3. The van der Waals surface area contributed by atoms with E-state index in [1.165, 1.54) is 35.5 Å². The summed E-state index contributed by atoms with van der Waals surface area (Å²) >= 11 is 0. The van der Waals surface area contributed by atoms with Crippen LogP contribution in [0.5, 0.6) is 0 Å². The largest absolute Gasteiger partial charge is 0.451 e. The van der Waals surface area contributed by atoms with Gasteiger partial charge in [0.1, 0.15) is 6.54 Å². The molecule has 9 nitrogen and oxygen atoms in total. The number of rotatable bonds is 10. The van der Waals surface area contributed by atoms with Gasteiger partial charge in [-0.15, -0.1) is 0 Å². The second-order valence-corrected chi connectivity index (χ2v) is 8.53. The molecule has 2 N–H and O–H groups in total. The number of sulfonamides is 1. The minimum absolute atomic E-state index is 0.0853. The lowest BCUT2D eigenvalue weighted by Gasteiger charge is -2.18. The number of hydrogen-bond acceptors (Lipinski definition) is 6. The molecule has 0 fully saturated rings. The molecule has 0 bridgehead atoms. The molecule has 0 saturated carbocycles. The molecule has 0 aliphatic heterocycles. The van der Waals surface area contributed by atoms with Gasteiger partial charge in [0.05, 0.1) is 4.90 Å². The Kier molecular flexibility index (Phi) is 9.25. The van der Waals surface area contributed by atoms with Crippen LogP contribution in [-0.2, 0) is 24.3 Å². The van der Waals surface area contributed by atoms with E-state index in [9.17, 15) is 22.8 Å². The van der Waals surface area contributed by atoms with Crippen LogP contribution in [0.15, 0.2) is 29.2 Å². The molecule has 1 unspecified atom stereocenters. The summed E-state index contributed by atoms with van der Waals surface area (Å²) in [5.74, 6) is -1.75. The van der Waals surface area contributed by atoms with Crippen molar-refractivity contribution in [3.05, 3.63) is 29.8 Å². The van der Waals surface area contributed by atoms with E-state index in [4.69, 9.17) is 4.74 Å². The third-order valence-corrected chi connectivity index (χ3v) is 6.03. The minimum Gasteiger partial charge on any atom is -0.451 e. The van der Waals surface area contributed by atoms with Crippen molar-refractivity contribution in [2.45, 2.75) is 51.7 Å². The minimum atomic E-state index is -3.61. The lowest BCUT2D eigenvalue weighted by Crippen LogP contribution is -2.41. The smallest absolute Gasteiger partial charge is 0.326 e. The summed E-state index contributed by atoms with van der Waals surface area (Å²) in [4.78, 5) is 35.8. The van der Waals surface area contributed by atoms with E-state index in [1.54, 1.807) is 27.7 Å². The van der Waals surface area contributed by atoms with Crippen molar-refractivity contribution in [1.29, 1.82) is 0 Å². The third kappa shape index (κ3) is 7.13. The Hall–Kier alpha value is -2.46. The van der Waals surface area contributed by atoms with Gasteiger partial charge in [0.15, 0.2) is 6.10 Å². The Morgan fingerprint density at radius 1 is 1.03 bits per heavy atom. The van der Waals surface area contributed by atoms with E-state index in [-0.39, 0.29) is 16.5 Å². The van der Waals surface area contributed by atoms with Crippen LogP contribution in [-0.4, -0.2) is 62.3 Å². The SMILES string of the molecule is CCN(CC)S(=O)(=O)c1ccc(C(=O)NCC(=O)OC(C)C(=O)NC(C)C)cc1. The molecule has 0 aromatic heterocycles. The molecule has 0 saturated heterocycles. The number of amides is 2. The zero-order valence-electron chi connectivity index (χ0n) is 17.4. The van der Waals surface area contributed by atoms with E-state index >= 15 is 0 Å². The molecule has 29 heavy (non-hydrogen) atoms. The molecule has 1 atom stereocenters. The predicted octanol–water partition coefficient (Wildman–Crippen LogP) is 0.903. The highest BCUT2D eigenvalue weighted by atomic mass is 32.2. The van der Waals surface area contributed by atoms with Crippen LogP contribution in [0, 0.1) is 0 Å². The summed E-state index contributed by atoms with van der Waals surface area (Å²) in [6.07, 6.45) is -0.980. The molecule has 2 amide bonds. The fraction of sp³-hybridized carbons (Fsp3) is 0.526. The zero-order valence-corrected chi connectivity index (χ0v) is 18.2. The van der Waals surface area contributed by atoms with Crippen molar-refractivity contribution in [1.82, 2.24) is 14.9 Å². The average molecular weight is 428 g/mol. The lowest BCUT2D eigenvalue weighted by molar-refractivity contribution is -0.153. The number of carbonyl (C=O) groups is 3. The normalized spacial score (nSPS) is 12.5. The van der Waals surface area contributed by atoms with E-state index in [0.717, 1.165) is 0 Å². The summed E-state index contributed by atoms with van der Waals surface area (Å²) in [7, 11) is -3.61. The van der Waals surface area contributed by atoms with Crippen LogP contribution in [0.25, 0.3) is 0 Å². The number of esters is 1. The maximum atomic E-state index is 12.4. The van der Waals surface area contributed by atoms with Gasteiger partial charge in [-0.1, -0.05) is 13.8 Å². The first-order chi connectivity index (χ1) is 13.5. The standard InChI is InChI=1S/C19H29N3O6S/c1-6-22(7-2)29(26,27)16-10-8-15(9-11-16)19(25)20-12-17(23)28-14(5)18(24)21-13(3)4/h8-11,13-14H,6-7,12H2,1-5H3,(H,20,25)(H,21,24). The Balaban J connectivity index is 2.65. The van der Waals surface area contributed by atoms with Crippen LogP contribution in [0.2, 0.25) is 0 Å². The van der Waals surface area contributed by atoms with Crippen LogP contribution in [0.1, 0.15) is 45.0 Å². The van der Waals surface area contributed by atoms with Crippen LogP contribution in [0.3, 0.4) is 0 Å². The molecule has 1 aromatic rings. The summed E-state index contributed by atoms with van der Waals surface area (Å²) in [6.45, 7) is 8.76. The monoisotopic (exact) mass is 427 g/mol. The second kappa shape index (κ2) is 10.9. The van der Waals surface area contributed by atoms with Gasteiger partial charge in [0.25, 0.3) is 11.8 Å². The van der Waals surface area contributed by atoms with Crippen LogP contribution >= 0.6 is 0 Å². The fourth-order valence-corrected chi connectivity index (χ4v) is 3.90. The van der Waals surface area contributed by atoms with Gasteiger partial charge in [-0.05, 0) is 45.0 Å². The molecule has 0 radical (unpaired) electrons. The van der Waals surface area contributed by atoms with Crippen molar-refractivity contribution >= 4 is 27.8 Å². The molecular weight excluding hydrogens is 398 g/mol. The zero-order chi connectivity index (χ0) is 22.2. The van der Waals surface area contributed by atoms with E-state index in [0.29, 0.717) is 13.1 Å². The van der Waals surface area contributed by atoms with Gasteiger partial charge in [-0.2, -0.15) is 4.31 Å². The average Bonchev–Trinajstić information content (AvgIpc) is 2.66. The molecule has 1 aromatic carbocycles. The molecular formula is C19H29N3O6S. The van der Waals surface area contributed by atoms with E-state index < -0.39 is 40.5 Å². The maximum Gasteiger partial charge on any atom is 0.326 e. The van der Waals surface area contributed by atoms with Gasteiger partial charge in [0, 0.05) is 24.7 Å². The van der Waals surface area contributed by atoms with Gasteiger partial charge < -0.3 is 15.4 Å². The molecule has 0 spiro atoms. The third-order valence-electron chi connectivity index (χ3n) is 3.96. The number of benzene rings is 1. The first-order valence-electron chi connectivity index (χ1n) is 9.41. The van der Waals surface area contributed by atoms with E-state index in [2.05, 4.69) is 10.6 Å². The Labute approximate surface area is 171 Å². The number of ether oxygens (including phenoxy) is 1. The van der Waals surface area contributed by atoms with Crippen LogP contribution < -0.4 is 10.6 Å². The van der Waals surface area contributed by atoms with Crippen molar-refractivity contribution in [2.75, 3.05) is 19.6 Å². The second-order valence-electron chi connectivity index (χ2n) is 6.59. The number of hydrogen-bond donors (Lipinski definition) is 2. The first-order valence-corrected chi connectivity index (χ1v) is 10.8. The molecule has 1 rings (SSSR count). The highest BCUT2D eigenvalue weighted by Gasteiger charge is 2.22. The van der Waals surface area contributed by atoms with Crippen molar-refractivity contribution in [2.24, 2.45) is 0 Å². The Morgan fingerprint density at radius 2 is 1.59 bits per heavy atom. The highest BCUT2D eigenvalue weighted by Crippen LogP contribution is 2.16. The predicted molar refractivity (Wildman–Crippen MR) is 108 cm³/mol. The lowest BCUT2D eigenvalue weighted by atomic mass is 10.2. The summed E-state index contributed by atoms with van der Waals surface area (Å²) in [5.41, 5.74) is 0.196. The molecule has 10 heteroatoms. The first kappa shape index (κ1) is 24.6. The van der Waals surface area contributed by atoms with Gasteiger partial charge in [-0.25, -0.2) is 8.42 Å². The molecule has 0 aliphatic carbocycles. The van der Waals surface area contributed by atoms with E-state index in [1.807, 2.05) is 0 Å². The maximum absolute atomic E-state index is 12.4. The summed E-state index contributed by atoms with van der Waals surface area (Å²) < 4.78 is 31.2. The summed E-state index contributed by atoms with van der Waals surface area (Å²) in [5, 5.41) is 5.00. The summed E-state index contributed by atoms with van der Waals surface area (Å²) in [6, 6.07) is 5.35. The van der Waals surface area contributed by atoms with Crippen molar-refractivity contribution in [3.8, 4) is 0 Å². The number of nitrogens with one attached hydrogen (secondary N) is 2. The molecule has 0 aliphatic rings. The molecule has 162 valence electrons. The number of nitrogens with zero attached hydrogens (tertiary/aromatic N) is 1. The van der Waals surface area contributed by atoms with Crippen LogP contribution in [0.4, 0.5) is 0 Å². The van der Waals surface area contributed by atoms with Gasteiger partial charge >= 0.3 is 5.97 Å². The Bertz CT molecular complexity index is 817. The highest BCUT2D eigenvalue weighted by molar-refractivity contribution is 7.89. The van der Waals surface area contributed by atoms with Gasteiger partial charge in [0.2, 0.25) is 10.0 Å². The van der Waals surface area contributed by atoms with Crippen molar-refractivity contribution in [3.63, 3.8) is 0 Å².